The van der Waals surface area contributed by atoms with Gasteiger partial charge in [-0.2, -0.15) is 17.0 Å². The fraction of sp³-hybridized carbons (Fsp3) is 0.909. The first kappa shape index (κ1) is 16.4. The van der Waals surface area contributed by atoms with Crippen molar-refractivity contribution in [2.45, 2.75) is 31.8 Å². The standard InChI is InChI=1S/C11H22N2O5S/c1-11(15)5-8-13(9-6-11)19(16,17)12(2)7-4-10(14)18-3/h15H,4-9H2,1-3H3. The van der Waals surface area contributed by atoms with E-state index in [4.69, 9.17) is 0 Å². The molecule has 1 fully saturated rings. The molecule has 1 aliphatic rings. The topological polar surface area (TPSA) is 87.2 Å². The number of carbonyl (C=O) groups excluding carboxylic acids is 1. The van der Waals surface area contributed by atoms with E-state index in [9.17, 15) is 18.3 Å². The molecule has 112 valence electrons. The molecule has 0 atom stereocenters. The molecule has 0 aromatic carbocycles. The van der Waals surface area contributed by atoms with Crippen LogP contribution in [0.4, 0.5) is 0 Å². The third-order valence-corrected chi connectivity index (χ3v) is 5.37. The molecule has 1 saturated heterocycles. The fourth-order valence-electron chi connectivity index (χ4n) is 1.86. The summed E-state index contributed by atoms with van der Waals surface area (Å²) in [5.74, 6) is -0.441. The molecule has 1 rings (SSSR count). The van der Waals surface area contributed by atoms with E-state index in [0.29, 0.717) is 12.8 Å². The number of rotatable bonds is 5. The molecule has 1 aliphatic heterocycles. The Morgan fingerprint density at radius 1 is 1.42 bits per heavy atom. The van der Waals surface area contributed by atoms with Crippen LogP contribution in [0.2, 0.25) is 0 Å². The second kappa shape index (κ2) is 6.17. The Kier molecular flexibility index (Phi) is 5.31. The van der Waals surface area contributed by atoms with Gasteiger partial charge in [0.2, 0.25) is 0 Å². The average Bonchev–Trinajstić information content (AvgIpc) is 2.34. The number of hydrogen-bond donors (Lipinski definition) is 1. The number of hydrogen-bond acceptors (Lipinski definition) is 5. The molecule has 0 aromatic rings. The van der Waals surface area contributed by atoms with Gasteiger partial charge in [-0.05, 0) is 19.8 Å². The van der Waals surface area contributed by atoms with Gasteiger partial charge in [-0.1, -0.05) is 0 Å². The number of esters is 1. The summed E-state index contributed by atoms with van der Waals surface area (Å²) in [5, 5.41) is 9.81. The molecule has 0 unspecified atom stereocenters. The maximum Gasteiger partial charge on any atom is 0.306 e. The maximum absolute atomic E-state index is 12.2. The quantitative estimate of drug-likeness (QED) is 0.695. The van der Waals surface area contributed by atoms with Crippen LogP contribution in [0.1, 0.15) is 26.2 Å². The molecule has 0 aromatic heterocycles. The van der Waals surface area contributed by atoms with Crippen molar-refractivity contribution in [1.82, 2.24) is 8.61 Å². The van der Waals surface area contributed by atoms with Crippen LogP contribution in [0, 0.1) is 0 Å². The molecule has 0 radical (unpaired) electrons. The number of nitrogens with zero attached hydrogens (tertiary/aromatic N) is 2. The zero-order chi connectivity index (χ0) is 14.7. The highest BCUT2D eigenvalue weighted by Gasteiger charge is 2.35. The normalized spacial score (nSPS) is 20.5. The predicted molar refractivity (Wildman–Crippen MR) is 69.6 cm³/mol. The van der Waals surface area contributed by atoms with Gasteiger partial charge in [0.1, 0.15) is 0 Å². The van der Waals surface area contributed by atoms with Crippen LogP contribution in [0.15, 0.2) is 0 Å². The monoisotopic (exact) mass is 294 g/mol. The molecule has 1 heterocycles. The Labute approximate surface area is 114 Å². The number of aliphatic hydroxyl groups is 1. The fourth-order valence-corrected chi connectivity index (χ4v) is 3.22. The predicted octanol–water partition coefficient (Wildman–Crippen LogP) is -0.427. The van der Waals surface area contributed by atoms with E-state index in [1.165, 1.54) is 18.5 Å². The molecule has 0 saturated carbocycles. The Morgan fingerprint density at radius 3 is 2.42 bits per heavy atom. The minimum absolute atomic E-state index is 0.0256. The number of carbonyl (C=O) groups is 1. The van der Waals surface area contributed by atoms with Crippen LogP contribution in [-0.4, -0.2) is 67.5 Å². The van der Waals surface area contributed by atoms with E-state index >= 15 is 0 Å². The van der Waals surface area contributed by atoms with Gasteiger partial charge in [0.15, 0.2) is 0 Å². The summed E-state index contributed by atoms with van der Waals surface area (Å²) < 4.78 is 31.4. The van der Waals surface area contributed by atoms with Crippen LogP contribution >= 0.6 is 0 Å². The van der Waals surface area contributed by atoms with Gasteiger partial charge in [-0.15, -0.1) is 0 Å². The SMILES string of the molecule is COC(=O)CCN(C)S(=O)(=O)N1CCC(C)(O)CC1. The van der Waals surface area contributed by atoms with Crippen molar-refractivity contribution < 1.29 is 23.1 Å². The largest absolute Gasteiger partial charge is 0.469 e. The van der Waals surface area contributed by atoms with Gasteiger partial charge in [0.25, 0.3) is 10.2 Å². The molecular formula is C11H22N2O5S. The Morgan fingerprint density at radius 2 is 1.95 bits per heavy atom. The number of ether oxygens (including phenoxy) is 1. The first-order chi connectivity index (χ1) is 8.69. The summed E-state index contributed by atoms with van der Waals surface area (Å²) in [6, 6.07) is 0. The zero-order valence-electron chi connectivity index (χ0n) is 11.6. The van der Waals surface area contributed by atoms with Crippen molar-refractivity contribution in [3.63, 3.8) is 0 Å². The van der Waals surface area contributed by atoms with E-state index in [2.05, 4.69) is 4.74 Å². The minimum atomic E-state index is -3.57. The molecule has 0 amide bonds. The smallest absolute Gasteiger partial charge is 0.306 e. The van der Waals surface area contributed by atoms with Crippen LogP contribution in [0.25, 0.3) is 0 Å². The highest BCUT2D eigenvalue weighted by atomic mass is 32.2. The molecule has 19 heavy (non-hydrogen) atoms. The highest BCUT2D eigenvalue weighted by Crippen LogP contribution is 2.23. The Bertz CT molecular complexity index is 411. The Hall–Kier alpha value is -0.700. The van der Waals surface area contributed by atoms with E-state index < -0.39 is 21.8 Å². The highest BCUT2D eigenvalue weighted by molar-refractivity contribution is 7.86. The lowest BCUT2D eigenvalue weighted by atomic mass is 9.95. The lowest BCUT2D eigenvalue weighted by molar-refractivity contribution is -0.140. The maximum atomic E-state index is 12.2. The second-order valence-electron chi connectivity index (χ2n) is 5.05. The summed E-state index contributed by atoms with van der Waals surface area (Å²) in [4.78, 5) is 11.0. The van der Waals surface area contributed by atoms with E-state index in [1.807, 2.05) is 0 Å². The summed E-state index contributed by atoms with van der Waals surface area (Å²) in [5.41, 5.74) is -0.795. The van der Waals surface area contributed by atoms with Crippen molar-refractivity contribution in [3.8, 4) is 0 Å². The van der Waals surface area contributed by atoms with Crippen molar-refractivity contribution in [2.24, 2.45) is 0 Å². The summed E-state index contributed by atoms with van der Waals surface area (Å²) in [6.07, 6.45) is 0.853. The van der Waals surface area contributed by atoms with Crippen LogP contribution in [0.3, 0.4) is 0 Å². The van der Waals surface area contributed by atoms with Gasteiger partial charge in [-0.3, -0.25) is 4.79 Å². The third kappa shape index (κ3) is 4.41. The molecular weight excluding hydrogens is 272 g/mol. The van der Waals surface area contributed by atoms with Crippen molar-refractivity contribution in [3.05, 3.63) is 0 Å². The molecule has 8 heteroatoms. The van der Waals surface area contributed by atoms with Crippen LogP contribution < -0.4 is 0 Å². The average molecular weight is 294 g/mol. The molecule has 0 bridgehead atoms. The minimum Gasteiger partial charge on any atom is -0.469 e. The zero-order valence-corrected chi connectivity index (χ0v) is 12.4. The van der Waals surface area contributed by atoms with Crippen LogP contribution in [-0.2, 0) is 19.7 Å². The number of piperidine rings is 1. The van der Waals surface area contributed by atoms with Crippen molar-refractivity contribution in [1.29, 1.82) is 0 Å². The van der Waals surface area contributed by atoms with Gasteiger partial charge < -0.3 is 9.84 Å². The lowest BCUT2D eigenvalue weighted by Gasteiger charge is -2.36. The third-order valence-electron chi connectivity index (χ3n) is 3.38. The molecule has 7 nitrogen and oxygen atoms in total. The molecule has 1 N–H and O–H groups in total. The molecule has 0 aliphatic carbocycles. The Balaban J connectivity index is 2.58. The number of methoxy groups -OCH3 is 1. The first-order valence-electron chi connectivity index (χ1n) is 6.20. The summed E-state index contributed by atoms with van der Waals surface area (Å²) in [7, 11) is -0.865. The summed E-state index contributed by atoms with van der Waals surface area (Å²) in [6.45, 7) is 2.37. The molecule has 0 spiro atoms. The first-order valence-corrected chi connectivity index (χ1v) is 7.59. The van der Waals surface area contributed by atoms with Crippen LogP contribution in [0.5, 0.6) is 0 Å². The van der Waals surface area contributed by atoms with Crippen molar-refractivity contribution >= 4 is 16.2 Å². The van der Waals surface area contributed by atoms with Gasteiger partial charge in [0, 0.05) is 26.7 Å². The van der Waals surface area contributed by atoms with E-state index in [1.54, 1.807) is 6.92 Å². The van der Waals surface area contributed by atoms with Crippen molar-refractivity contribution in [2.75, 3.05) is 33.8 Å². The second-order valence-corrected chi connectivity index (χ2v) is 7.09. The van der Waals surface area contributed by atoms with E-state index in [-0.39, 0.29) is 26.1 Å². The van der Waals surface area contributed by atoms with Gasteiger partial charge >= 0.3 is 5.97 Å². The lowest BCUT2D eigenvalue weighted by Crippen LogP contribution is -2.49. The summed E-state index contributed by atoms with van der Waals surface area (Å²) >= 11 is 0. The van der Waals surface area contributed by atoms with Gasteiger partial charge in [-0.25, -0.2) is 0 Å². The van der Waals surface area contributed by atoms with E-state index in [0.717, 1.165) is 4.31 Å². The van der Waals surface area contributed by atoms with Gasteiger partial charge in [0.05, 0.1) is 19.1 Å².